The first-order valence-electron chi connectivity index (χ1n) is 23.6. The van der Waals surface area contributed by atoms with Gasteiger partial charge in [-0.15, -0.1) is 0 Å². The summed E-state index contributed by atoms with van der Waals surface area (Å²) in [6.45, 7) is 19.4. The Morgan fingerprint density at radius 2 is 1.08 bits per heavy atom. The number of esters is 1. The summed E-state index contributed by atoms with van der Waals surface area (Å²) in [6.07, 6.45) is 3.22. The average molecular weight is 946 g/mol. The van der Waals surface area contributed by atoms with E-state index >= 15 is 0 Å². The molecule has 19 heteroatoms. The van der Waals surface area contributed by atoms with Crippen LogP contribution in [0.5, 0.6) is 0 Å². The van der Waals surface area contributed by atoms with Gasteiger partial charge >= 0.3 is 36.5 Å². The molecule has 0 radical (unpaired) electrons. The SMILES string of the molecule is C=C(C)C(=O)OCCNC(=O)OCCCCCCCOC(=O)NCC1(C)CC(NC(=O)OCC(F)(F)OCCCC(=O)NC2CC(C)(C)CC(C)(CNC(=O)OCCCC)C2)CC(C)(C)C1. The zero-order chi connectivity index (χ0) is 49.4. The summed E-state index contributed by atoms with van der Waals surface area (Å²) in [5.74, 6) is -0.801. The summed E-state index contributed by atoms with van der Waals surface area (Å²) in [5.41, 5.74) is -0.760. The third kappa shape index (κ3) is 25.5. The Morgan fingerprint density at radius 3 is 1.59 bits per heavy atom. The highest BCUT2D eigenvalue weighted by Gasteiger charge is 2.44. The maximum Gasteiger partial charge on any atom is 0.407 e. The van der Waals surface area contributed by atoms with Crippen LogP contribution in [0, 0.1) is 21.7 Å². The van der Waals surface area contributed by atoms with E-state index in [0.29, 0.717) is 45.3 Å². The van der Waals surface area contributed by atoms with E-state index in [1.807, 2.05) is 27.7 Å². The number of amides is 5. The number of alkyl halides is 2. The van der Waals surface area contributed by atoms with Crippen molar-refractivity contribution in [3.05, 3.63) is 12.2 Å². The summed E-state index contributed by atoms with van der Waals surface area (Å²) in [4.78, 5) is 73.2. The molecule has 0 heterocycles. The quantitative estimate of drug-likeness (QED) is 0.0216. The molecule has 17 nitrogen and oxygen atoms in total. The van der Waals surface area contributed by atoms with Crippen molar-refractivity contribution in [3.63, 3.8) is 0 Å². The second-order valence-corrected chi connectivity index (χ2v) is 20.5. The van der Waals surface area contributed by atoms with Crippen molar-refractivity contribution >= 4 is 36.2 Å². The van der Waals surface area contributed by atoms with E-state index in [2.05, 4.69) is 53.9 Å². The third-order valence-electron chi connectivity index (χ3n) is 11.6. The molecule has 5 N–H and O–H groups in total. The minimum absolute atomic E-state index is 0.0254. The molecule has 0 aromatic rings. The largest absolute Gasteiger partial charge is 0.460 e. The predicted octanol–water partition coefficient (Wildman–Crippen LogP) is 8.44. The number of carbonyl (C=O) groups excluding carboxylic acids is 6. The van der Waals surface area contributed by atoms with Crippen molar-refractivity contribution in [1.82, 2.24) is 26.6 Å². The smallest absolute Gasteiger partial charge is 0.407 e. The molecule has 5 amide bonds. The molecule has 0 aliphatic heterocycles. The van der Waals surface area contributed by atoms with Gasteiger partial charge in [-0.25, -0.2) is 24.0 Å². The molecule has 4 atom stereocenters. The lowest BCUT2D eigenvalue weighted by molar-refractivity contribution is -0.256. The summed E-state index contributed by atoms with van der Waals surface area (Å²) in [6, 6.07) is -0.549. The van der Waals surface area contributed by atoms with Crippen molar-refractivity contribution in [3.8, 4) is 0 Å². The molecule has 0 spiro atoms. The number of carbonyl (C=O) groups is 6. The Labute approximate surface area is 391 Å². The van der Waals surface area contributed by atoms with Crippen LogP contribution in [0.15, 0.2) is 12.2 Å². The first-order chi connectivity index (χ1) is 30.8. The molecular weight excluding hydrogens is 865 g/mol. The number of hydrogen-bond donors (Lipinski definition) is 5. The molecule has 380 valence electrons. The Morgan fingerprint density at radius 1 is 0.591 bits per heavy atom. The minimum atomic E-state index is -3.76. The van der Waals surface area contributed by atoms with E-state index in [-0.39, 0.29) is 79.5 Å². The molecule has 2 rings (SSSR count). The molecule has 0 aromatic heterocycles. The molecule has 2 aliphatic rings. The highest BCUT2D eigenvalue weighted by atomic mass is 19.3. The standard InChI is InChI=1S/C47H81F2N5O12/c1-10-11-20-62-40(58)51-31-45(8)27-35(25-43(4,5)29-45)53-37(55)18-17-23-66-47(48,49)33-65-42(60)54-36-26-44(6,7)30-46(9,28-36)32-52-41(59)64-22-16-14-12-13-15-21-63-39(57)50-19-24-61-38(56)34(2)3/h35-36H,2,10-33H2,1,3-9H3,(H,50,57)(H,51,58)(H,52,59)(H,53,55)(H,54,60). The highest BCUT2D eigenvalue weighted by molar-refractivity contribution is 5.86. The predicted molar refractivity (Wildman–Crippen MR) is 244 cm³/mol. The van der Waals surface area contributed by atoms with Crippen LogP contribution in [0.2, 0.25) is 0 Å². The van der Waals surface area contributed by atoms with Crippen LogP contribution in [0.25, 0.3) is 0 Å². The van der Waals surface area contributed by atoms with Crippen LogP contribution < -0.4 is 26.6 Å². The van der Waals surface area contributed by atoms with E-state index < -0.39 is 61.1 Å². The van der Waals surface area contributed by atoms with Gasteiger partial charge in [0, 0.05) is 37.2 Å². The second kappa shape index (κ2) is 28.0. The number of unbranched alkanes of at least 4 members (excludes halogenated alkanes) is 5. The van der Waals surface area contributed by atoms with Crippen LogP contribution in [0.4, 0.5) is 28.0 Å². The molecule has 0 aromatic carbocycles. The normalized spacial score (nSPS) is 22.2. The molecule has 0 bridgehead atoms. The van der Waals surface area contributed by atoms with Crippen molar-refractivity contribution in [2.75, 3.05) is 59.3 Å². The van der Waals surface area contributed by atoms with Gasteiger partial charge in [-0.1, -0.05) is 80.7 Å². The van der Waals surface area contributed by atoms with Crippen LogP contribution in [0.3, 0.4) is 0 Å². The van der Waals surface area contributed by atoms with Gasteiger partial charge < -0.3 is 55.0 Å². The third-order valence-corrected chi connectivity index (χ3v) is 11.6. The van der Waals surface area contributed by atoms with Gasteiger partial charge in [0.25, 0.3) is 0 Å². The monoisotopic (exact) mass is 946 g/mol. The van der Waals surface area contributed by atoms with Crippen molar-refractivity contribution in [2.24, 2.45) is 21.7 Å². The molecule has 2 saturated carbocycles. The van der Waals surface area contributed by atoms with Crippen molar-refractivity contribution in [1.29, 1.82) is 0 Å². The van der Waals surface area contributed by atoms with Gasteiger partial charge in [0.05, 0.1) is 33.0 Å². The fraction of sp³-hybridized carbons (Fsp3) is 0.830. The zero-order valence-electron chi connectivity index (χ0n) is 41.0. The second-order valence-electron chi connectivity index (χ2n) is 20.5. The van der Waals surface area contributed by atoms with Crippen LogP contribution in [-0.2, 0) is 38.0 Å². The molecular formula is C47H81F2N5O12. The maximum atomic E-state index is 14.6. The zero-order valence-corrected chi connectivity index (χ0v) is 41.0. The number of halogens is 2. The fourth-order valence-corrected chi connectivity index (χ4v) is 9.41. The van der Waals surface area contributed by atoms with Crippen LogP contribution >= 0.6 is 0 Å². The first kappa shape index (κ1) is 57.7. The Balaban J connectivity index is 1.63. The van der Waals surface area contributed by atoms with Crippen molar-refractivity contribution < 1.29 is 66.0 Å². The Bertz CT molecular complexity index is 1580. The van der Waals surface area contributed by atoms with E-state index in [1.54, 1.807) is 0 Å². The van der Waals surface area contributed by atoms with Gasteiger partial charge in [-0.3, -0.25) is 4.79 Å². The molecule has 2 aliphatic carbocycles. The maximum absolute atomic E-state index is 14.6. The van der Waals surface area contributed by atoms with Gasteiger partial charge in [0.2, 0.25) is 5.91 Å². The lowest BCUT2D eigenvalue weighted by Gasteiger charge is -2.46. The van der Waals surface area contributed by atoms with Crippen LogP contribution in [0.1, 0.15) is 152 Å². The molecule has 2 fully saturated rings. The lowest BCUT2D eigenvalue weighted by Crippen LogP contribution is -2.50. The average Bonchev–Trinajstić information content (AvgIpc) is 3.19. The van der Waals surface area contributed by atoms with E-state index in [4.69, 9.17) is 28.4 Å². The Hall–Kier alpha value is -4.42. The summed E-state index contributed by atoms with van der Waals surface area (Å²) >= 11 is 0. The summed E-state index contributed by atoms with van der Waals surface area (Å²) in [5, 5.41) is 14.0. The lowest BCUT2D eigenvalue weighted by atomic mass is 9.62. The number of rotatable bonds is 28. The molecule has 4 unspecified atom stereocenters. The van der Waals surface area contributed by atoms with E-state index in [9.17, 15) is 37.5 Å². The van der Waals surface area contributed by atoms with Gasteiger partial charge in [-0.2, -0.15) is 8.78 Å². The number of nitrogens with one attached hydrogen (secondary N) is 5. The van der Waals surface area contributed by atoms with E-state index in [1.165, 1.54) is 6.92 Å². The van der Waals surface area contributed by atoms with Gasteiger partial charge in [0.15, 0.2) is 6.61 Å². The molecule has 0 saturated heterocycles. The first-order valence-corrected chi connectivity index (χ1v) is 23.6. The summed E-state index contributed by atoms with van der Waals surface area (Å²) < 4.78 is 59.4. The number of hydrogen-bond acceptors (Lipinski definition) is 12. The van der Waals surface area contributed by atoms with Crippen molar-refractivity contribution in [2.45, 2.75) is 170 Å². The topological polar surface area (TPSA) is 218 Å². The van der Waals surface area contributed by atoms with Crippen LogP contribution in [-0.4, -0.2) is 114 Å². The van der Waals surface area contributed by atoms with E-state index in [0.717, 1.165) is 51.4 Å². The number of ether oxygens (including phenoxy) is 6. The fourth-order valence-electron chi connectivity index (χ4n) is 9.41. The Kier molecular flexibility index (Phi) is 24.5. The van der Waals surface area contributed by atoms with Gasteiger partial charge in [-0.05, 0) is 92.8 Å². The van der Waals surface area contributed by atoms with Gasteiger partial charge in [0.1, 0.15) is 6.61 Å². The highest BCUT2D eigenvalue weighted by Crippen LogP contribution is 2.47. The molecule has 66 heavy (non-hydrogen) atoms. The summed E-state index contributed by atoms with van der Waals surface area (Å²) in [7, 11) is 0. The minimum Gasteiger partial charge on any atom is -0.460 e. The number of alkyl carbamates (subject to hydrolysis) is 4.